The van der Waals surface area contributed by atoms with Crippen LogP contribution < -0.4 is 11.6 Å². The van der Waals surface area contributed by atoms with Crippen molar-refractivity contribution in [3.8, 4) is 0 Å². The second-order valence-corrected chi connectivity index (χ2v) is 5.23. The molecular weight excluding hydrogens is 230 g/mol. The van der Waals surface area contributed by atoms with E-state index in [9.17, 15) is 0 Å². The minimum Gasteiger partial charge on any atom is -0.336 e. The van der Waals surface area contributed by atoms with Crippen molar-refractivity contribution in [2.45, 2.75) is 24.3 Å². The Morgan fingerprint density at radius 3 is 2.87 bits per heavy atom. The summed E-state index contributed by atoms with van der Waals surface area (Å²) in [4.78, 5) is 0. The van der Waals surface area contributed by atoms with Gasteiger partial charge in [-0.1, -0.05) is 18.7 Å². The fourth-order valence-electron chi connectivity index (χ4n) is 0.944. The van der Waals surface area contributed by atoms with Gasteiger partial charge in [0.25, 0.3) is 0 Å². The number of hydrogen-bond acceptors (Lipinski definition) is 6. The molecule has 0 unspecified atom stereocenters. The van der Waals surface area contributed by atoms with Crippen LogP contribution in [0.15, 0.2) is 5.16 Å². The summed E-state index contributed by atoms with van der Waals surface area (Å²) in [6, 6.07) is 0. The van der Waals surface area contributed by atoms with E-state index < -0.39 is 0 Å². The molecule has 0 spiro atoms. The number of hydrogen-bond donors (Lipinski definition) is 2. The molecule has 0 aliphatic heterocycles. The summed E-state index contributed by atoms with van der Waals surface area (Å²) < 4.78 is 1.57. The smallest absolute Gasteiger partial charge is 0.209 e. The maximum absolute atomic E-state index is 5.85. The second kappa shape index (κ2) is 6.97. The Kier molecular flexibility index (Phi) is 5.89. The molecule has 0 atom stereocenters. The molecule has 0 fully saturated rings. The lowest BCUT2D eigenvalue weighted by molar-refractivity contribution is 0.818. The summed E-state index contributed by atoms with van der Waals surface area (Å²) in [5, 5.41) is 8.86. The Balaban J connectivity index is 2.47. The molecule has 0 radical (unpaired) electrons. The van der Waals surface area contributed by atoms with E-state index in [1.165, 1.54) is 0 Å². The summed E-state index contributed by atoms with van der Waals surface area (Å²) in [6.45, 7) is 2.81. The predicted molar refractivity (Wildman–Crippen MR) is 66.4 cm³/mol. The molecule has 0 aliphatic rings. The van der Waals surface area contributed by atoms with Crippen LogP contribution in [-0.2, 0) is 5.75 Å². The van der Waals surface area contributed by atoms with Crippen LogP contribution in [-0.4, -0.2) is 32.9 Å². The van der Waals surface area contributed by atoms with Crippen molar-refractivity contribution in [3.05, 3.63) is 5.82 Å². The minimum atomic E-state index is 0.699. The van der Waals surface area contributed by atoms with Crippen LogP contribution >= 0.6 is 23.5 Å². The Morgan fingerprint density at radius 2 is 2.20 bits per heavy atom. The molecule has 1 aromatic rings. The lowest BCUT2D eigenvalue weighted by Crippen LogP contribution is -2.13. The second-order valence-electron chi connectivity index (χ2n) is 2.90. The van der Waals surface area contributed by atoms with E-state index in [1.807, 2.05) is 0 Å². The molecule has 0 saturated carbocycles. The maximum Gasteiger partial charge on any atom is 0.209 e. The summed E-state index contributed by atoms with van der Waals surface area (Å²) in [5.74, 6) is 9.50. The lowest BCUT2D eigenvalue weighted by Gasteiger charge is -2.02. The summed E-state index contributed by atoms with van der Waals surface area (Å²) >= 11 is 3.39. The molecule has 7 heteroatoms. The van der Waals surface area contributed by atoms with E-state index in [4.69, 9.17) is 11.6 Å². The van der Waals surface area contributed by atoms with E-state index >= 15 is 0 Å². The molecule has 1 heterocycles. The Bertz CT molecular complexity index is 289. The molecule has 1 aromatic heterocycles. The highest BCUT2D eigenvalue weighted by Gasteiger charge is 2.08. The lowest BCUT2D eigenvalue weighted by atomic mass is 10.5. The van der Waals surface area contributed by atoms with Crippen LogP contribution in [0, 0.1) is 0 Å². The highest BCUT2D eigenvalue weighted by atomic mass is 32.2. The zero-order chi connectivity index (χ0) is 11.1. The molecule has 15 heavy (non-hydrogen) atoms. The van der Waals surface area contributed by atoms with Gasteiger partial charge in [-0.15, -0.1) is 10.2 Å². The van der Waals surface area contributed by atoms with Gasteiger partial charge < -0.3 is 11.6 Å². The highest BCUT2D eigenvalue weighted by molar-refractivity contribution is 7.99. The molecule has 0 amide bonds. The molecule has 0 bridgehead atoms. The van der Waals surface area contributed by atoms with Crippen LogP contribution in [0.1, 0.15) is 19.2 Å². The van der Waals surface area contributed by atoms with Crippen LogP contribution in [0.5, 0.6) is 0 Å². The molecule has 0 aliphatic carbocycles. The number of nitrogen functional groups attached to an aromatic ring is 1. The molecule has 86 valence electrons. The van der Waals surface area contributed by atoms with Gasteiger partial charge in [-0.2, -0.15) is 11.8 Å². The van der Waals surface area contributed by atoms with E-state index in [0.29, 0.717) is 6.54 Å². The molecule has 5 nitrogen and oxygen atoms in total. The maximum atomic E-state index is 5.85. The van der Waals surface area contributed by atoms with E-state index in [-0.39, 0.29) is 0 Å². The third-order valence-corrected chi connectivity index (χ3v) is 3.65. The van der Waals surface area contributed by atoms with Crippen molar-refractivity contribution >= 4 is 23.5 Å². The van der Waals surface area contributed by atoms with E-state index in [1.54, 1.807) is 28.2 Å². The number of nitrogens with zero attached hydrogens (tertiary/aromatic N) is 3. The summed E-state index contributed by atoms with van der Waals surface area (Å²) in [6.07, 6.45) is 0.969. The first-order valence-electron chi connectivity index (χ1n) is 4.89. The Labute approximate surface area is 98.3 Å². The number of thioether (sulfide) groups is 2. The summed E-state index contributed by atoms with van der Waals surface area (Å²) in [5.41, 5.74) is 5.41. The largest absolute Gasteiger partial charge is 0.336 e. The fraction of sp³-hybridized carbons (Fsp3) is 0.750. The van der Waals surface area contributed by atoms with Crippen LogP contribution in [0.2, 0.25) is 0 Å². The zero-order valence-electron chi connectivity index (χ0n) is 8.85. The highest BCUT2D eigenvalue weighted by Crippen LogP contribution is 2.17. The van der Waals surface area contributed by atoms with Gasteiger partial charge in [-0.3, -0.25) is 0 Å². The third-order valence-electron chi connectivity index (χ3n) is 1.75. The molecule has 0 aromatic carbocycles. The first-order chi connectivity index (χ1) is 7.29. The molecule has 4 N–H and O–H groups in total. The van der Waals surface area contributed by atoms with Crippen LogP contribution in [0.25, 0.3) is 0 Å². The average molecular weight is 247 g/mol. The monoisotopic (exact) mass is 247 g/mol. The van der Waals surface area contributed by atoms with Crippen molar-refractivity contribution < 1.29 is 0 Å². The van der Waals surface area contributed by atoms with E-state index in [0.717, 1.165) is 34.7 Å². The molecule has 0 saturated heterocycles. The van der Waals surface area contributed by atoms with Gasteiger partial charge in [0.15, 0.2) is 5.82 Å². The van der Waals surface area contributed by atoms with Crippen molar-refractivity contribution in [3.63, 3.8) is 0 Å². The van der Waals surface area contributed by atoms with Crippen LogP contribution in [0.4, 0.5) is 0 Å². The van der Waals surface area contributed by atoms with Gasteiger partial charge in [-0.25, -0.2) is 4.68 Å². The zero-order valence-corrected chi connectivity index (χ0v) is 10.5. The third kappa shape index (κ3) is 3.92. The number of aromatic nitrogens is 3. The molecular formula is C8H17N5S2. The van der Waals surface area contributed by atoms with Gasteiger partial charge in [0.2, 0.25) is 5.16 Å². The van der Waals surface area contributed by atoms with Gasteiger partial charge in [0.1, 0.15) is 0 Å². The minimum absolute atomic E-state index is 0.699. The quantitative estimate of drug-likeness (QED) is 0.419. The number of rotatable bonds is 7. The van der Waals surface area contributed by atoms with Gasteiger partial charge >= 0.3 is 0 Å². The van der Waals surface area contributed by atoms with Gasteiger partial charge in [0.05, 0.1) is 5.75 Å². The van der Waals surface area contributed by atoms with Gasteiger partial charge in [-0.05, 0) is 18.7 Å². The first-order valence-corrected chi connectivity index (χ1v) is 7.03. The van der Waals surface area contributed by atoms with Crippen molar-refractivity contribution in [2.24, 2.45) is 5.73 Å². The van der Waals surface area contributed by atoms with Crippen molar-refractivity contribution in [2.75, 3.05) is 23.9 Å². The van der Waals surface area contributed by atoms with E-state index in [2.05, 4.69) is 17.1 Å². The van der Waals surface area contributed by atoms with Crippen molar-refractivity contribution in [1.29, 1.82) is 0 Å². The SMILES string of the molecule is CCSCc1nnc(SCCCN)n1N. The fourth-order valence-corrected chi connectivity index (χ4v) is 2.36. The molecule has 1 rings (SSSR count). The summed E-state index contributed by atoms with van der Waals surface area (Å²) in [7, 11) is 0. The Hall–Kier alpha value is -0.400. The topological polar surface area (TPSA) is 82.8 Å². The normalized spacial score (nSPS) is 10.8. The number of nitrogens with two attached hydrogens (primary N) is 2. The van der Waals surface area contributed by atoms with Crippen LogP contribution in [0.3, 0.4) is 0 Å². The van der Waals surface area contributed by atoms with Gasteiger partial charge in [0, 0.05) is 5.75 Å². The average Bonchev–Trinajstić information content (AvgIpc) is 2.58. The standard InChI is InChI=1S/C8H17N5S2/c1-2-14-6-7-11-12-8(13(7)10)15-5-3-4-9/h2-6,9-10H2,1H3. The Morgan fingerprint density at radius 1 is 1.40 bits per heavy atom. The van der Waals surface area contributed by atoms with Crippen molar-refractivity contribution in [1.82, 2.24) is 14.9 Å². The predicted octanol–water partition coefficient (Wildman–Crippen LogP) is 0.686. The first kappa shape index (κ1) is 12.7.